The summed E-state index contributed by atoms with van der Waals surface area (Å²) in [4.78, 5) is 36.2. The first kappa shape index (κ1) is 31.1. The lowest BCUT2D eigenvalue weighted by atomic mass is 10.1. The molecular formula is C32H34F4N6O2. The molecule has 232 valence electrons. The Morgan fingerprint density at radius 2 is 1.59 bits per heavy atom. The monoisotopic (exact) mass is 610 g/mol. The molecule has 0 radical (unpaired) electrons. The number of hydrogen-bond acceptors (Lipinski definition) is 6. The Morgan fingerprint density at radius 3 is 2.25 bits per heavy atom. The number of nitrogens with two attached hydrogens (primary N) is 1. The molecule has 1 fully saturated rings. The van der Waals surface area contributed by atoms with E-state index in [1.165, 1.54) is 6.92 Å². The zero-order chi connectivity index (χ0) is 31.6. The molecule has 0 amide bonds. The molecule has 0 aliphatic carbocycles. The number of alkyl halides is 3. The van der Waals surface area contributed by atoms with Crippen molar-refractivity contribution in [2.75, 3.05) is 31.1 Å². The van der Waals surface area contributed by atoms with Crippen molar-refractivity contribution in [3.8, 4) is 0 Å². The molecule has 1 aliphatic heterocycles. The van der Waals surface area contributed by atoms with Gasteiger partial charge in [-0.25, -0.2) is 9.18 Å². The summed E-state index contributed by atoms with van der Waals surface area (Å²) in [7, 11) is 0. The first-order chi connectivity index (χ1) is 21.0. The van der Waals surface area contributed by atoms with Crippen molar-refractivity contribution in [1.82, 2.24) is 19.0 Å². The van der Waals surface area contributed by atoms with Gasteiger partial charge in [0.1, 0.15) is 11.5 Å². The number of nitrogens with zero attached hydrogens (tertiary/aromatic N) is 5. The standard InChI is InChI=1S/C32H34F4N6O2/c1-21-24(10-7-13-38-21)18-39-14-16-40(17-15-39)29-22(2)41(19-25-26(32(34,35)36)11-6-12-27(25)33)31(44)42(30(29)43)20-28(37)23-8-4-3-5-9-23/h3-13,28H,14-20,37H2,1-2H3. The SMILES string of the molecule is Cc1ncccc1CN1CCN(c2c(C)n(Cc3c(F)cccc3C(F)(F)F)c(=O)n(CC(N)c3ccccc3)c2=O)CC1. The zero-order valence-electron chi connectivity index (χ0n) is 24.5. The minimum absolute atomic E-state index is 0.164. The number of hydrogen-bond donors (Lipinski definition) is 1. The smallest absolute Gasteiger partial charge is 0.363 e. The molecule has 4 aromatic rings. The Labute approximate surface area is 252 Å². The van der Waals surface area contributed by atoms with Crippen molar-refractivity contribution in [2.24, 2.45) is 5.73 Å². The molecule has 5 rings (SSSR count). The maximum atomic E-state index is 14.9. The second-order valence-corrected chi connectivity index (χ2v) is 11.0. The van der Waals surface area contributed by atoms with Gasteiger partial charge in [-0.05, 0) is 43.2 Å². The van der Waals surface area contributed by atoms with Crippen molar-refractivity contribution in [1.29, 1.82) is 0 Å². The molecule has 2 aromatic carbocycles. The molecule has 1 atom stereocenters. The molecule has 0 saturated carbocycles. The van der Waals surface area contributed by atoms with Crippen molar-refractivity contribution < 1.29 is 17.6 Å². The van der Waals surface area contributed by atoms with Crippen LogP contribution >= 0.6 is 0 Å². The summed E-state index contributed by atoms with van der Waals surface area (Å²) in [5, 5.41) is 0. The average Bonchev–Trinajstić information content (AvgIpc) is 3.00. The van der Waals surface area contributed by atoms with E-state index >= 15 is 0 Å². The third-order valence-corrected chi connectivity index (χ3v) is 8.20. The van der Waals surface area contributed by atoms with Gasteiger partial charge in [0.25, 0.3) is 5.56 Å². The van der Waals surface area contributed by atoms with Crippen LogP contribution in [0.5, 0.6) is 0 Å². The van der Waals surface area contributed by atoms with Gasteiger partial charge in [-0.3, -0.25) is 23.8 Å². The highest BCUT2D eigenvalue weighted by Gasteiger charge is 2.35. The van der Waals surface area contributed by atoms with E-state index in [2.05, 4.69) is 9.88 Å². The van der Waals surface area contributed by atoms with Crippen molar-refractivity contribution >= 4 is 5.69 Å². The highest BCUT2D eigenvalue weighted by Crippen LogP contribution is 2.33. The fourth-order valence-electron chi connectivity index (χ4n) is 5.70. The van der Waals surface area contributed by atoms with E-state index in [-0.39, 0.29) is 17.9 Å². The van der Waals surface area contributed by atoms with Gasteiger partial charge < -0.3 is 10.6 Å². The molecular weight excluding hydrogens is 576 g/mol. The Balaban J connectivity index is 1.54. The van der Waals surface area contributed by atoms with Gasteiger partial charge >= 0.3 is 11.9 Å². The van der Waals surface area contributed by atoms with Crippen LogP contribution in [-0.4, -0.2) is 45.2 Å². The Bertz CT molecular complexity index is 1740. The van der Waals surface area contributed by atoms with Crippen molar-refractivity contribution in [2.45, 2.75) is 45.7 Å². The second-order valence-electron chi connectivity index (χ2n) is 11.0. The van der Waals surface area contributed by atoms with Crippen molar-refractivity contribution in [3.63, 3.8) is 0 Å². The fraction of sp³-hybridized carbons (Fsp3) is 0.344. The molecule has 44 heavy (non-hydrogen) atoms. The summed E-state index contributed by atoms with van der Waals surface area (Å²) in [6.45, 7) is 5.29. The van der Waals surface area contributed by atoms with Crippen LogP contribution in [0.1, 0.15) is 39.7 Å². The number of aromatic nitrogens is 3. The molecule has 2 aromatic heterocycles. The molecule has 1 saturated heterocycles. The highest BCUT2D eigenvalue weighted by molar-refractivity contribution is 5.50. The predicted octanol–water partition coefficient (Wildman–Crippen LogP) is 4.25. The van der Waals surface area contributed by atoms with E-state index in [1.54, 1.807) is 36.5 Å². The topological polar surface area (TPSA) is 89.4 Å². The van der Waals surface area contributed by atoms with E-state index in [4.69, 9.17) is 5.73 Å². The van der Waals surface area contributed by atoms with Gasteiger partial charge in [0.05, 0.1) is 18.7 Å². The Hall–Kier alpha value is -4.29. The summed E-state index contributed by atoms with van der Waals surface area (Å²) < 4.78 is 58.6. The van der Waals surface area contributed by atoms with Crippen LogP contribution in [0.15, 0.2) is 76.4 Å². The largest absolute Gasteiger partial charge is 0.416 e. The Kier molecular flexibility index (Phi) is 9.02. The first-order valence-corrected chi connectivity index (χ1v) is 14.3. The van der Waals surface area contributed by atoms with Gasteiger partial charge in [0.15, 0.2) is 0 Å². The fourth-order valence-corrected chi connectivity index (χ4v) is 5.70. The van der Waals surface area contributed by atoms with E-state index < -0.39 is 47.0 Å². The lowest BCUT2D eigenvalue weighted by molar-refractivity contribution is -0.138. The highest BCUT2D eigenvalue weighted by atomic mass is 19.4. The number of halogens is 4. The van der Waals surface area contributed by atoms with Crippen LogP contribution < -0.4 is 21.9 Å². The maximum absolute atomic E-state index is 14.9. The number of anilines is 1. The van der Waals surface area contributed by atoms with Gasteiger partial charge in [0, 0.05) is 61.9 Å². The maximum Gasteiger partial charge on any atom is 0.416 e. The van der Waals surface area contributed by atoms with E-state index in [1.807, 2.05) is 24.0 Å². The predicted molar refractivity (Wildman–Crippen MR) is 160 cm³/mol. The van der Waals surface area contributed by atoms with Crippen LogP contribution in [0, 0.1) is 19.7 Å². The number of benzene rings is 2. The van der Waals surface area contributed by atoms with Gasteiger partial charge in [-0.1, -0.05) is 42.5 Å². The number of pyridine rings is 1. The molecule has 1 unspecified atom stereocenters. The average molecular weight is 611 g/mol. The molecule has 8 nitrogen and oxygen atoms in total. The molecule has 12 heteroatoms. The second kappa shape index (κ2) is 12.7. The van der Waals surface area contributed by atoms with Crippen LogP contribution in [-0.2, 0) is 25.8 Å². The normalized spacial score (nSPS) is 15.0. The minimum Gasteiger partial charge on any atom is -0.363 e. The van der Waals surface area contributed by atoms with Crippen LogP contribution in [0.4, 0.5) is 23.2 Å². The number of rotatable bonds is 8. The quantitative estimate of drug-likeness (QED) is 0.300. The van der Waals surface area contributed by atoms with Gasteiger partial charge in [0.2, 0.25) is 0 Å². The third kappa shape index (κ3) is 6.46. The molecule has 1 aliphatic rings. The van der Waals surface area contributed by atoms with Crippen molar-refractivity contribution in [3.05, 3.63) is 127 Å². The van der Waals surface area contributed by atoms with Crippen LogP contribution in [0.2, 0.25) is 0 Å². The number of aryl methyl sites for hydroxylation is 1. The van der Waals surface area contributed by atoms with Gasteiger partial charge in [-0.2, -0.15) is 13.2 Å². The molecule has 0 bridgehead atoms. The van der Waals surface area contributed by atoms with Crippen LogP contribution in [0.25, 0.3) is 0 Å². The molecule has 0 spiro atoms. The van der Waals surface area contributed by atoms with Gasteiger partial charge in [-0.15, -0.1) is 0 Å². The first-order valence-electron chi connectivity index (χ1n) is 14.3. The molecule has 2 N–H and O–H groups in total. The summed E-state index contributed by atoms with van der Waals surface area (Å²) in [5.74, 6) is -1.09. The van der Waals surface area contributed by atoms with E-state index in [9.17, 15) is 27.2 Å². The lowest BCUT2D eigenvalue weighted by Gasteiger charge is -2.37. The summed E-state index contributed by atoms with van der Waals surface area (Å²) in [6.07, 6.45) is -3.10. The third-order valence-electron chi connectivity index (χ3n) is 8.20. The van der Waals surface area contributed by atoms with Crippen LogP contribution in [0.3, 0.4) is 0 Å². The zero-order valence-corrected chi connectivity index (χ0v) is 24.5. The summed E-state index contributed by atoms with van der Waals surface area (Å²) in [5.41, 5.74) is 6.16. The summed E-state index contributed by atoms with van der Waals surface area (Å²) >= 11 is 0. The Morgan fingerprint density at radius 1 is 0.886 bits per heavy atom. The van der Waals surface area contributed by atoms with E-state index in [0.29, 0.717) is 38.3 Å². The number of piperazine rings is 1. The summed E-state index contributed by atoms with van der Waals surface area (Å²) in [6, 6.07) is 14.7. The minimum atomic E-state index is -4.84. The van der Waals surface area contributed by atoms with E-state index in [0.717, 1.165) is 38.6 Å². The lowest BCUT2D eigenvalue weighted by Crippen LogP contribution is -2.51. The molecule has 3 heterocycles.